The zero-order valence-electron chi connectivity index (χ0n) is 16.1. The molecule has 5 nitrogen and oxygen atoms in total. The standard InChI is InChI=1S/C22H25N3O2/c1-17-15-21(18(2)25(17)20-10-5-4-6-11-20)22(26)24(13-14-27-3)16-19-9-7-8-12-23-19/h4-12,15H,13-14,16H2,1-3H3. The van der Waals surface area contributed by atoms with E-state index >= 15 is 0 Å². The lowest BCUT2D eigenvalue weighted by atomic mass is 10.2. The van der Waals surface area contributed by atoms with Crippen molar-refractivity contribution in [2.45, 2.75) is 20.4 Å². The molecule has 0 aliphatic heterocycles. The van der Waals surface area contributed by atoms with Crippen molar-refractivity contribution in [2.75, 3.05) is 20.3 Å². The molecule has 2 aromatic heterocycles. The highest BCUT2D eigenvalue weighted by Gasteiger charge is 2.22. The van der Waals surface area contributed by atoms with E-state index in [9.17, 15) is 4.79 Å². The molecule has 0 saturated carbocycles. The summed E-state index contributed by atoms with van der Waals surface area (Å²) >= 11 is 0. The fourth-order valence-electron chi connectivity index (χ4n) is 3.27. The summed E-state index contributed by atoms with van der Waals surface area (Å²) in [6.07, 6.45) is 1.75. The zero-order valence-corrected chi connectivity index (χ0v) is 16.1. The predicted octanol–water partition coefficient (Wildman–Crippen LogP) is 3.78. The molecule has 5 heteroatoms. The second kappa shape index (κ2) is 8.64. The highest BCUT2D eigenvalue weighted by atomic mass is 16.5. The van der Waals surface area contributed by atoms with Crippen molar-refractivity contribution >= 4 is 5.91 Å². The number of hydrogen-bond donors (Lipinski definition) is 0. The molecule has 0 unspecified atom stereocenters. The maximum atomic E-state index is 13.3. The molecule has 0 aliphatic carbocycles. The van der Waals surface area contributed by atoms with Crippen LogP contribution in [0.15, 0.2) is 60.8 Å². The second-order valence-electron chi connectivity index (χ2n) is 6.50. The van der Waals surface area contributed by atoms with Gasteiger partial charge in [0.2, 0.25) is 0 Å². The van der Waals surface area contributed by atoms with E-state index in [1.807, 2.05) is 68.4 Å². The molecule has 0 radical (unpaired) electrons. The average molecular weight is 363 g/mol. The van der Waals surface area contributed by atoms with E-state index in [0.29, 0.717) is 25.3 Å². The molecule has 3 rings (SSSR count). The summed E-state index contributed by atoms with van der Waals surface area (Å²) < 4.78 is 7.32. The van der Waals surface area contributed by atoms with Crippen molar-refractivity contribution in [3.05, 3.63) is 83.4 Å². The smallest absolute Gasteiger partial charge is 0.256 e. The molecule has 0 spiro atoms. The third-order valence-electron chi connectivity index (χ3n) is 4.61. The summed E-state index contributed by atoms with van der Waals surface area (Å²) in [5.41, 5.74) is 4.60. The average Bonchev–Trinajstić information content (AvgIpc) is 3.00. The highest BCUT2D eigenvalue weighted by Crippen LogP contribution is 2.22. The van der Waals surface area contributed by atoms with E-state index in [1.165, 1.54) is 0 Å². The van der Waals surface area contributed by atoms with Gasteiger partial charge < -0.3 is 14.2 Å². The molecular weight excluding hydrogens is 338 g/mol. The van der Waals surface area contributed by atoms with Crippen LogP contribution in [-0.2, 0) is 11.3 Å². The van der Waals surface area contributed by atoms with Crippen LogP contribution < -0.4 is 0 Å². The van der Waals surface area contributed by atoms with Gasteiger partial charge in [0.15, 0.2) is 0 Å². The molecule has 1 aromatic carbocycles. The van der Waals surface area contributed by atoms with Crippen LogP contribution in [0.1, 0.15) is 27.4 Å². The number of para-hydroxylation sites is 1. The lowest BCUT2D eigenvalue weighted by molar-refractivity contribution is 0.0677. The van der Waals surface area contributed by atoms with Gasteiger partial charge in [0.1, 0.15) is 0 Å². The van der Waals surface area contributed by atoms with Crippen molar-refractivity contribution in [3.8, 4) is 5.69 Å². The van der Waals surface area contributed by atoms with Crippen molar-refractivity contribution in [3.63, 3.8) is 0 Å². The van der Waals surface area contributed by atoms with Crippen LogP contribution in [0, 0.1) is 13.8 Å². The molecule has 0 bridgehead atoms. The third-order valence-corrected chi connectivity index (χ3v) is 4.61. The van der Waals surface area contributed by atoms with Crippen molar-refractivity contribution in [1.82, 2.24) is 14.5 Å². The number of hydrogen-bond acceptors (Lipinski definition) is 3. The van der Waals surface area contributed by atoms with Gasteiger partial charge in [-0.05, 0) is 44.2 Å². The van der Waals surface area contributed by atoms with Gasteiger partial charge in [0.05, 0.1) is 24.4 Å². The lowest BCUT2D eigenvalue weighted by Crippen LogP contribution is -2.34. The van der Waals surface area contributed by atoms with E-state index in [2.05, 4.69) is 9.55 Å². The van der Waals surface area contributed by atoms with E-state index < -0.39 is 0 Å². The first-order valence-electron chi connectivity index (χ1n) is 9.04. The Morgan fingerprint density at radius 3 is 2.52 bits per heavy atom. The summed E-state index contributed by atoms with van der Waals surface area (Å²) in [6.45, 7) is 5.46. The Balaban J connectivity index is 1.92. The largest absolute Gasteiger partial charge is 0.383 e. The van der Waals surface area contributed by atoms with Crippen LogP contribution in [0.25, 0.3) is 5.69 Å². The minimum absolute atomic E-state index is 0.00650. The Hall–Kier alpha value is -2.92. The summed E-state index contributed by atoms with van der Waals surface area (Å²) in [7, 11) is 1.64. The Kier molecular flexibility index (Phi) is 6.04. The minimum Gasteiger partial charge on any atom is -0.383 e. The van der Waals surface area contributed by atoms with E-state index in [-0.39, 0.29) is 5.91 Å². The number of aryl methyl sites for hydroxylation is 1. The molecule has 0 N–H and O–H groups in total. The van der Waals surface area contributed by atoms with Gasteiger partial charge in [-0.2, -0.15) is 0 Å². The van der Waals surface area contributed by atoms with Crippen LogP contribution >= 0.6 is 0 Å². The Bertz CT molecular complexity index is 889. The number of aromatic nitrogens is 2. The molecule has 1 amide bonds. The van der Waals surface area contributed by atoms with E-state index in [1.54, 1.807) is 18.2 Å². The first-order chi connectivity index (χ1) is 13.1. The van der Waals surface area contributed by atoms with Gasteiger partial charge in [0, 0.05) is 36.9 Å². The quantitative estimate of drug-likeness (QED) is 0.642. The van der Waals surface area contributed by atoms with Crippen molar-refractivity contribution < 1.29 is 9.53 Å². The number of pyridine rings is 1. The van der Waals surface area contributed by atoms with Gasteiger partial charge in [-0.15, -0.1) is 0 Å². The van der Waals surface area contributed by atoms with Crippen LogP contribution in [0.5, 0.6) is 0 Å². The monoisotopic (exact) mass is 363 g/mol. The number of amides is 1. The first kappa shape index (κ1) is 18.9. The fraction of sp³-hybridized carbons (Fsp3) is 0.273. The van der Waals surface area contributed by atoms with Crippen LogP contribution in [-0.4, -0.2) is 40.6 Å². The fourth-order valence-corrected chi connectivity index (χ4v) is 3.27. The number of ether oxygens (including phenoxy) is 1. The van der Waals surface area contributed by atoms with Gasteiger partial charge in [-0.1, -0.05) is 24.3 Å². The molecule has 140 valence electrons. The lowest BCUT2D eigenvalue weighted by Gasteiger charge is -2.22. The van der Waals surface area contributed by atoms with Gasteiger partial charge in [-0.3, -0.25) is 9.78 Å². The number of carbonyl (C=O) groups excluding carboxylic acids is 1. The van der Waals surface area contributed by atoms with Crippen molar-refractivity contribution in [1.29, 1.82) is 0 Å². The summed E-state index contributed by atoms with van der Waals surface area (Å²) in [4.78, 5) is 19.5. The number of methoxy groups -OCH3 is 1. The van der Waals surface area contributed by atoms with Gasteiger partial charge in [0.25, 0.3) is 5.91 Å². The van der Waals surface area contributed by atoms with E-state index in [0.717, 1.165) is 22.8 Å². The minimum atomic E-state index is -0.00650. The van der Waals surface area contributed by atoms with Gasteiger partial charge in [-0.25, -0.2) is 0 Å². The number of carbonyl (C=O) groups is 1. The number of nitrogens with zero attached hydrogens (tertiary/aromatic N) is 3. The molecule has 27 heavy (non-hydrogen) atoms. The number of rotatable bonds is 7. The molecule has 0 saturated heterocycles. The maximum Gasteiger partial charge on any atom is 0.256 e. The van der Waals surface area contributed by atoms with E-state index in [4.69, 9.17) is 4.74 Å². The van der Waals surface area contributed by atoms with Crippen LogP contribution in [0.4, 0.5) is 0 Å². The predicted molar refractivity (Wildman–Crippen MR) is 106 cm³/mol. The maximum absolute atomic E-state index is 13.3. The highest BCUT2D eigenvalue weighted by molar-refractivity contribution is 5.96. The van der Waals surface area contributed by atoms with Crippen LogP contribution in [0.2, 0.25) is 0 Å². The zero-order chi connectivity index (χ0) is 19.2. The molecule has 0 atom stereocenters. The Labute approximate surface area is 160 Å². The van der Waals surface area contributed by atoms with Crippen molar-refractivity contribution in [2.24, 2.45) is 0 Å². The Morgan fingerprint density at radius 1 is 1.11 bits per heavy atom. The first-order valence-corrected chi connectivity index (χ1v) is 9.04. The number of benzene rings is 1. The van der Waals surface area contributed by atoms with Crippen LogP contribution in [0.3, 0.4) is 0 Å². The molecule has 3 aromatic rings. The SMILES string of the molecule is COCCN(Cc1ccccn1)C(=O)c1cc(C)n(-c2ccccc2)c1C. The Morgan fingerprint density at radius 2 is 1.85 bits per heavy atom. The normalized spacial score (nSPS) is 10.8. The van der Waals surface area contributed by atoms with Gasteiger partial charge >= 0.3 is 0 Å². The topological polar surface area (TPSA) is 47.4 Å². The second-order valence-corrected chi connectivity index (χ2v) is 6.50. The molecular formula is C22H25N3O2. The summed E-state index contributed by atoms with van der Waals surface area (Å²) in [5.74, 6) is -0.00650. The molecule has 0 aliphatic rings. The summed E-state index contributed by atoms with van der Waals surface area (Å²) in [5, 5.41) is 0. The summed E-state index contributed by atoms with van der Waals surface area (Å²) in [6, 6.07) is 17.8. The molecule has 2 heterocycles. The molecule has 0 fully saturated rings. The third kappa shape index (κ3) is 4.26.